The van der Waals surface area contributed by atoms with Crippen LogP contribution in [0.2, 0.25) is 0 Å². The van der Waals surface area contributed by atoms with Crippen molar-refractivity contribution in [3.05, 3.63) is 0 Å². The molecule has 2 rings (SSSR count). The van der Waals surface area contributed by atoms with E-state index in [1.54, 1.807) is 0 Å². The zero-order valence-corrected chi connectivity index (χ0v) is 12.2. The van der Waals surface area contributed by atoms with E-state index in [1.165, 1.54) is 44.9 Å². The maximum atomic E-state index is 6.20. The lowest BCUT2D eigenvalue weighted by Gasteiger charge is -2.49. The Morgan fingerprint density at radius 1 is 1.00 bits per heavy atom. The first-order valence-electron chi connectivity index (χ1n) is 7.77. The summed E-state index contributed by atoms with van der Waals surface area (Å²) in [5.41, 5.74) is 6.45. The number of nitrogens with zero attached hydrogens (tertiary/aromatic N) is 1. The van der Waals surface area contributed by atoms with Crippen LogP contribution in [0.4, 0.5) is 0 Å². The predicted molar refractivity (Wildman–Crippen MR) is 75.7 cm³/mol. The van der Waals surface area contributed by atoms with Crippen LogP contribution in [-0.4, -0.2) is 42.3 Å². The highest BCUT2D eigenvalue weighted by Crippen LogP contribution is 2.33. The second-order valence-electron chi connectivity index (χ2n) is 6.36. The zero-order chi connectivity index (χ0) is 13.0. The van der Waals surface area contributed by atoms with Crippen molar-refractivity contribution in [1.29, 1.82) is 0 Å². The molecule has 0 aromatic carbocycles. The molecule has 1 saturated carbocycles. The van der Waals surface area contributed by atoms with E-state index in [2.05, 4.69) is 18.7 Å². The van der Waals surface area contributed by atoms with E-state index in [0.717, 1.165) is 19.6 Å². The maximum Gasteiger partial charge on any atom is 0.0678 e. The summed E-state index contributed by atoms with van der Waals surface area (Å²) in [5, 5.41) is 0. The van der Waals surface area contributed by atoms with Crippen LogP contribution in [0.3, 0.4) is 0 Å². The molecule has 1 heterocycles. The van der Waals surface area contributed by atoms with Gasteiger partial charge < -0.3 is 10.5 Å². The minimum absolute atomic E-state index is 0.257. The van der Waals surface area contributed by atoms with Crippen LogP contribution in [0.15, 0.2) is 0 Å². The molecule has 1 aliphatic carbocycles. The van der Waals surface area contributed by atoms with E-state index in [-0.39, 0.29) is 5.54 Å². The van der Waals surface area contributed by atoms with Crippen LogP contribution in [0.1, 0.15) is 58.8 Å². The van der Waals surface area contributed by atoms with Crippen LogP contribution in [0, 0.1) is 0 Å². The molecule has 0 aromatic heterocycles. The summed E-state index contributed by atoms with van der Waals surface area (Å²) in [6, 6.07) is 0. The predicted octanol–water partition coefficient (Wildman–Crippen LogP) is 2.54. The summed E-state index contributed by atoms with van der Waals surface area (Å²) in [5.74, 6) is 0. The van der Waals surface area contributed by atoms with Crippen molar-refractivity contribution in [2.75, 3.05) is 19.6 Å². The smallest absolute Gasteiger partial charge is 0.0678 e. The van der Waals surface area contributed by atoms with Gasteiger partial charge in [0, 0.05) is 25.2 Å². The molecule has 0 bridgehead atoms. The molecule has 18 heavy (non-hydrogen) atoms. The quantitative estimate of drug-likeness (QED) is 0.823. The Labute approximate surface area is 112 Å². The molecular weight excluding hydrogens is 224 g/mol. The van der Waals surface area contributed by atoms with Gasteiger partial charge in [0.15, 0.2) is 0 Å². The normalized spacial score (nSPS) is 34.8. The Morgan fingerprint density at radius 3 is 2.00 bits per heavy atom. The number of hydrogen-bond donors (Lipinski definition) is 1. The highest BCUT2D eigenvalue weighted by molar-refractivity contribution is 4.95. The molecule has 2 aliphatic rings. The highest BCUT2D eigenvalue weighted by atomic mass is 16.5. The fraction of sp³-hybridized carbons (Fsp3) is 1.00. The first-order chi connectivity index (χ1) is 8.66. The first-order valence-corrected chi connectivity index (χ1v) is 7.77. The molecule has 0 aromatic rings. The zero-order valence-electron chi connectivity index (χ0n) is 12.2. The number of hydrogen-bond acceptors (Lipinski definition) is 3. The molecule has 2 fully saturated rings. The second-order valence-corrected chi connectivity index (χ2v) is 6.36. The Bertz CT molecular complexity index is 239. The SMILES string of the molecule is CC1CN(C2(CN)CCCCCCC2)CC(C)O1. The molecule has 2 unspecified atom stereocenters. The van der Waals surface area contributed by atoms with E-state index in [4.69, 9.17) is 10.5 Å². The van der Waals surface area contributed by atoms with E-state index in [1.807, 2.05) is 0 Å². The van der Waals surface area contributed by atoms with Gasteiger partial charge in [0.05, 0.1) is 12.2 Å². The third kappa shape index (κ3) is 3.25. The van der Waals surface area contributed by atoms with Crippen LogP contribution < -0.4 is 5.73 Å². The third-order valence-corrected chi connectivity index (χ3v) is 4.75. The first kappa shape index (κ1) is 14.3. The van der Waals surface area contributed by atoms with Gasteiger partial charge in [-0.05, 0) is 26.7 Å². The maximum absolute atomic E-state index is 6.20. The molecule has 0 radical (unpaired) electrons. The molecule has 1 aliphatic heterocycles. The average molecular weight is 254 g/mol. The minimum atomic E-state index is 0.257. The van der Waals surface area contributed by atoms with E-state index in [9.17, 15) is 0 Å². The molecule has 0 amide bonds. The number of nitrogens with two attached hydrogens (primary N) is 1. The number of morpholine rings is 1. The summed E-state index contributed by atoms with van der Waals surface area (Å²) in [7, 11) is 0. The molecular formula is C15H30N2O. The number of rotatable bonds is 2. The van der Waals surface area contributed by atoms with Gasteiger partial charge in [0.1, 0.15) is 0 Å². The minimum Gasteiger partial charge on any atom is -0.373 e. The molecule has 2 N–H and O–H groups in total. The van der Waals surface area contributed by atoms with Crippen LogP contribution in [0.25, 0.3) is 0 Å². The van der Waals surface area contributed by atoms with Crippen LogP contribution in [-0.2, 0) is 4.74 Å². The molecule has 1 saturated heterocycles. The number of ether oxygens (including phenoxy) is 1. The van der Waals surface area contributed by atoms with Gasteiger partial charge in [-0.25, -0.2) is 0 Å². The third-order valence-electron chi connectivity index (χ3n) is 4.75. The second kappa shape index (κ2) is 6.36. The monoisotopic (exact) mass is 254 g/mol. The van der Waals surface area contributed by atoms with Gasteiger partial charge in [0.25, 0.3) is 0 Å². The van der Waals surface area contributed by atoms with E-state index >= 15 is 0 Å². The summed E-state index contributed by atoms with van der Waals surface area (Å²) >= 11 is 0. The van der Waals surface area contributed by atoms with Crippen LogP contribution >= 0.6 is 0 Å². The van der Waals surface area contributed by atoms with Crippen molar-refractivity contribution in [3.8, 4) is 0 Å². The lowest BCUT2D eigenvalue weighted by Crippen LogP contribution is -2.60. The molecule has 2 atom stereocenters. The van der Waals surface area contributed by atoms with Crippen LogP contribution in [0.5, 0.6) is 0 Å². The van der Waals surface area contributed by atoms with Crippen molar-refractivity contribution in [2.24, 2.45) is 5.73 Å². The highest BCUT2D eigenvalue weighted by Gasteiger charge is 2.38. The molecule has 3 heteroatoms. The fourth-order valence-corrected chi connectivity index (χ4v) is 3.78. The van der Waals surface area contributed by atoms with E-state index in [0.29, 0.717) is 12.2 Å². The Morgan fingerprint density at radius 2 is 1.50 bits per heavy atom. The van der Waals surface area contributed by atoms with Gasteiger partial charge in [-0.3, -0.25) is 4.90 Å². The van der Waals surface area contributed by atoms with Gasteiger partial charge in [-0.15, -0.1) is 0 Å². The van der Waals surface area contributed by atoms with Crippen molar-refractivity contribution in [3.63, 3.8) is 0 Å². The lowest BCUT2D eigenvalue weighted by molar-refractivity contribution is -0.105. The Hall–Kier alpha value is -0.120. The average Bonchev–Trinajstić information content (AvgIpc) is 2.28. The van der Waals surface area contributed by atoms with Crippen molar-refractivity contribution < 1.29 is 4.74 Å². The molecule has 106 valence electrons. The van der Waals surface area contributed by atoms with Crippen molar-refractivity contribution in [2.45, 2.75) is 76.5 Å². The molecule has 0 spiro atoms. The van der Waals surface area contributed by atoms with Crippen molar-refractivity contribution in [1.82, 2.24) is 4.90 Å². The fourth-order valence-electron chi connectivity index (χ4n) is 3.78. The summed E-state index contributed by atoms with van der Waals surface area (Å²) < 4.78 is 5.87. The van der Waals surface area contributed by atoms with Crippen molar-refractivity contribution >= 4 is 0 Å². The lowest BCUT2D eigenvalue weighted by atomic mass is 9.81. The largest absolute Gasteiger partial charge is 0.373 e. The van der Waals surface area contributed by atoms with Gasteiger partial charge in [0.2, 0.25) is 0 Å². The molecule has 3 nitrogen and oxygen atoms in total. The topological polar surface area (TPSA) is 38.5 Å². The van der Waals surface area contributed by atoms with Gasteiger partial charge in [-0.2, -0.15) is 0 Å². The Kier molecular flexibility index (Phi) is 5.05. The van der Waals surface area contributed by atoms with Gasteiger partial charge in [-0.1, -0.05) is 32.1 Å². The summed E-state index contributed by atoms with van der Waals surface area (Å²) in [6.07, 6.45) is 10.1. The van der Waals surface area contributed by atoms with E-state index < -0.39 is 0 Å². The standard InChI is InChI=1S/C15H30N2O/c1-13-10-17(11-14(2)18-13)15(12-16)8-6-4-3-5-7-9-15/h13-14H,3-12,16H2,1-2H3. The Balaban J connectivity index is 2.08. The summed E-state index contributed by atoms with van der Waals surface area (Å²) in [4.78, 5) is 2.65. The van der Waals surface area contributed by atoms with Gasteiger partial charge >= 0.3 is 0 Å². The summed E-state index contributed by atoms with van der Waals surface area (Å²) in [6.45, 7) is 7.31.